The van der Waals surface area contributed by atoms with E-state index in [1.165, 1.54) is 12.1 Å². The highest BCUT2D eigenvalue weighted by atomic mass is 79.9. The lowest BCUT2D eigenvalue weighted by Gasteiger charge is -2.27. The van der Waals surface area contributed by atoms with Gasteiger partial charge in [0.25, 0.3) is 5.91 Å². The van der Waals surface area contributed by atoms with Crippen LogP contribution in [0, 0.1) is 5.82 Å². The molecule has 2 amide bonds. The summed E-state index contributed by atoms with van der Waals surface area (Å²) < 4.78 is 24.5. The topological polar surface area (TPSA) is 76.7 Å². The lowest BCUT2D eigenvalue weighted by Crippen LogP contribution is -2.42. The molecule has 0 bridgehead atoms. The second kappa shape index (κ2) is 8.18. The molecule has 0 spiro atoms. The Morgan fingerprint density at radius 1 is 1.14 bits per heavy atom. The van der Waals surface area contributed by atoms with Gasteiger partial charge in [-0.2, -0.15) is 0 Å². The Morgan fingerprint density at radius 3 is 2.68 bits per heavy atom. The first-order valence-electron chi connectivity index (χ1n) is 8.70. The minimum absolute atomic E-state index is 0.0899. The Balaban J connectivity index is 1.53. The smallest absolute Gasteiger partial charge is 0.252 e. The van der Waals surface area contributed by atoms with Crippen LogP contribution in [0.25, 0.3) is 0 Å². The maximum atomic E-state index is 13.3. The van der Waals surface area contributed by atoms with Crippen LogP contribution in [0.3, 0.4) is 0 Å². The van der Waals surface area contributed by atoms with Crippen molar-refractivity contribution in [2.75, 3.05) is 13.3 Å². The minimum Gasteiger partial charge on any atom is -0.454 e. The van der Waals surface area contributed by atoms with Crippen LogP contribution < -0.4 is 20.1 Å². The lowest BCUT2D eigenvalue weighted by molar-refractivity contribution is -0.122. The number of fused-ring (bicyclic) bond motifs is 1. The van der Waals surface area contributed by atoms with Crippen molar-refractivity contribution in [1.82, 2.24) is 10.6 Å². The molecule has 148 valence electrons. The molecule has 0 unspecified atom stereocenters. The van der Waals surface area contributed by atoms with E-state index in [1.807, 2.05) is 32.0 Å². The third-order valence-electron chi connectivity index (χ3n) is 4.36. The zero-order valence-corrected chi connectivity index (χ0v) is 17.1. The van der Waals surface area contributed by atoms with Gasteiger partial charge in [0.05, 0.1) is 11.1 Å². The summed E-state index contributed by atoms with van der Waals surface area (Å²) in [6, 6.07) is 9.38. The van der Waals surface area contributed by atoms with Crippen LogP contribution >= 0.6 is 15.9 Å². The van der Waals surface area contributed by atoms with Crippen LogP contribution in [0.1, 0.15) is 36.2 Å². The van der Waals surface area contributed by atoms with Crippen LogP contribution in [-0.2, 0) is 10.3 Å². The van der Waals surface area contributed by atoms with Gasteiger partial charge < -0.3 is 20.1 Å². The number of carbonyl (C=O) groups is 2. The molecule has 0 saturated carbocycles. The first-order valence-corrected chi connectivity index (χ1v) is 9.50. The van der Waals surface area contributed by atoms with Gasteiger partial charge in [-0.1, -0.05) is 6.07 Å². The molecule has 1 aliphatic heterocycles. The quantitative estimate of drug-likeness (QED) is 0.705. The number of nitrogens with one attached hydrogen (secondary N) is 2. The molecule has 2 N–H and O–H groups in total. The van der Waals surface area contributed by atoms with Crippen LogP contribution in [0.4, 0.5) is 4.39 Å². The van der Waals surface area contributed by atoms with Crippen LogP contribution in [0.2, 0.25) is 0 Å². The van der Waals surface area contributed by atoms with Gasteiger partial charge in [0.2, 0.25) is 12.7 Å². The highest BCUT2D eigenvalue weighted by molar-refractivity contribution is 9.10. The number of halogens is 2. The highest BCUT2D eigenvalue weighted by Gasteiger charge is 2.25. The molecule has 28 heavy (non-hydrogen) atoms. The fraction of sp³-hybridized carbons (Fsp3) is 0.300. The zero-order chi connectivity index (χ0) is 20.3. The molecule has 1 heterocycles. The zero-order valence-electron chi connectivity index (χ0n) is 15.5. The number of rotatable bonds is 6. The molecule has 0 atom stereocenters. The number of hydrogen-bond donors (Lipinski definition) is 2. The second-order valence-corrected chi connectivity index (χ2v) is 7.73. The van der Waals surface area contributed by atoms with E-state index < -0.39 is 17.3 Å². The molecule has 0 radical (unpaired) electrons. The average Bonchev–Trinajstić information content (AvgIpc) is 3.11. The lowest BCUT2D eigenvalue weighted by atomic mass is 9.93. The van der Waals surface area contributed by atoms with E-state index in [-0.39, 0.29) is 31.2 Å². The maximum absolute atomic E-state index is 13.3. The highest BCUT2D eigenvalue weighted by Crippen LogP contribution is 2.35. The summed E-state index contributed by atoms with van der Waals surface area (Å²) in [5, 5.41) is 5.57. The van der Waals surface area contributed by atoms with Crippen molar-refractivity contribution in [2.45, 2.75) is 25.8 Å². The molecular formula is C20H20BrFN2O4. The largest absolute Gasteiger partial charge is 0.454 e. The van der Waals surface area contributed by atoms with Crippen molar-refractivity contribution in [2.24, 2.45) is 0 Å². The number of carbonyl (C=O) groups excluding carboxylic acids is 2. The summed E-state index contributed by atoms with van der Waals surface area (Å²) >= 11 is 3.21. The van der Waals surface area contributed by atoms with Gasteiger partial charge in [0.15, 0.2) is 11.5 Å². The molecule has 2 aromatic rings. The van der Waals surface area contributed by atoms with Gasteiger partial charge in [0, 0.05) is 17.4 Å². The van der Waals surface area contributed by atoms with E-state index in [0.29, 0.717) is 16.0 Å². The number of amides is 2. The van der Waals surface area contributed by atoms with Crippen molar-refractivity contribution in [3.8, 4) is 11.5 Å². The summed E-state index contributed by atoms with van der Waals surface area (Å²) in [7, 11) is 0. The van der Waals surface area contributed by atoms with Gasteiger partial charge in [-0.05, 0) is 65.7 Å². The van der Waals surface area contributed by atoms with Crippen LogP contribution in [-0.4, -0.2) is 25.2 Å². The summed E-state index contributed by atoms with van der Waals surface area (Å²) in [5.74, 6) is 0.150. The van der Waals surface area contributed by atoms with Gasteiger partial charge in [-0.25, -0.2) is 4.39 Å². The third-order valence-corrected chi connectivity index (χ3v) is 5.05. The summed E-state index contributed by atoms with van der Waals surface area (Å²) in [6.07, 6.45) is 0.0899. The van der Waals surface area contributed by atoms with Crippen molar-refractivity contribution < 1.29 is 23.5 Å². The van der Waals surface area contributed by atoms with E-state index in [4.69, 9.17) is 9.47 Å². The van der Waals surface area contributed by atoms with E-state index >= 15 is 0 Å². The van der Waals surface area contributed by atoms with E-state index in [2.05, 4.69) is 26.6 Å². The molecule has 3 rings (SSSR count). The Bertz CT molecular complexity index is 917. The monoisotopic (exact) mass is 450 g/mol. The average molecular weight is 451 g/mol. The van der Waals surface area contributed by atoms with Crippen molar-refractivity contribution >= 4 is 27.7 Å². The van der Waals surface area contributed by atoms with Crippen LogP contribution in [0.5, 0.6) is 11.5 Å². The summed E-state index contributed by atoms with van der Waals surface area (Å²) in [5.41, 5.74) is 0.423. The summed E-state index contributed by atoms with van der Waals surface area (Å²) in [4.78, 5) is 24.5. The summed E-state index contributed by atoms with van der Waals surface area (Å²) in [6.45, 7) is 4.08. The predicted octanol–water partition coefficient (Wildman–Crippen LogP) is 3.49. The molecular weight excluding hydrogens is 431 g/mol. The first kappa shape index (κ1) is 20.1. The minimum atomic E-state index is -0.631. The van der Waals surface area contributed by atoms with Crippen molar-refractivity contribution in [1.29, 1.82) is 0 Å². The van der Waals surface area contributed by atoms with Gasteiger partial charge in [0.1, 0.15) is 5.82 Å². The SMILES string of the molecule is CC(C)(NC(=O)CCNC(=O)c1cc(F)ccc1Br)c1ccc2c(c1)OCO2. The number of hydrogen-bond acceptors (Lipinski definition) is 4. The Kier molecular flexibility index (Phi) is 5.88. The van der Waals surface area contributed by atoms with Gasteiger partial charge in [-0.3, -0.25) is 9.59 Å². The number of ether oxygens (including phenoxy) is 2. The normalized spacial score (nSPS) is 12.6. The van der Waals surface area contributed by atoms with E-state index in [9.17, 15) is 14.0 Å². The fourth-order valence-corrected chi connectivity index (χ4v) is 3.25. The Morgan fingerprint density at radius 2 is 1.89 bits per heavy atom. The van der Waals surface area contributed by atoms with E-state index in [1.54, 1.807) is 0 Å². The van der Waals surface area contributed by atoms with Crippen molar-refractivity contribution in [3.63, 3.8) is 0 Å². The molecule has 1 aliphatic rings. The Labute approximate surface area is 170 Å². The van der Waals surface area contributed by atoms with Crippen molar-refractivity contribution in [3.05, 3.63) is 57.8 Å². The molecule has 2 aromatic carbocycles. The van der Waals surface area contributed by atoms with E-state index in [0.717, 1.165) is 11.6 Å². The molecule has 0 saturated heterocycles. The fourth-order valence-electron chi connectivity index (χ4n) is 2.82. The third kappa shape index (κ3) is 4.62. The maximum Gasteiger partial charge on any atom is 0.252 e. The molecule has 8 heteroatoms. The molecule has 0 fully saturated rings. The second-order valence-electron chi connectivity index (χ2n) is 6.87. The molecule has 0 aliphatic carbocycles. The van der Waals surface area contributed by atoms with Crippen LogP contribution in [0.15, 0.2) is 40.9 Å². The molecule has 0 aromatic heterocycles. The van der Waals surface area contributed by atoms with Gasteiger partial charge in [-0.15, -0.1) is 0 Å². The predicted molar refractivity (Wildman–Crippen MR) is 105 cm³/mol. The molecule has 6 nitrogen and oxygen atoms in total. The number of benzene rings is 2. The Hall–Kier alpha value is -2.61. The standard InChI is InChI=1S/C20H20BrFN2O4/c1-20(2,12-3-6-16-17(9-12)28-11-27-16)24-18(25)7-8-23-19(26)14-10-13(22)4-5-15(14)21/h3-6,9-10H,7-8,11H2,1-2H3,(H,23,26)(H,24,25). The van der Waals surface area contributed by atoms with Gasteiger partial charge >= 0.3 is 0 Å². The first-order chi connectivity index (χ1) is 13.3.